The maximum atomic E-state index is 13.0. The van der Waals surface area contributed by atoms with Gasteiger partial charge in [0, 0.05) is 43.0 Å². The van der Waals surface area contributed by atoms with E-state index in [1.165, 1.54) is 24.3 Å². The van der Waals surface area contributed by atoms with Gasteiger partial charge in [0.15, 0.2) is 0 Å². The Bertz CT molecular complexity index is 829. The molecule has 7 heteroatoms. The molecule has 0 atom stereocenters. The van der Waals surface area contributed by atoms with Gasteiger partial charge in [0.25, 0.3) is 5.91 Å². The molecular formula is C21H28FN5O. The second kappa shape index (κ2) is 8.54. The highest BCUT2D eigenvalue weighted by Crippen LogP contribution is 2.24. The Kier molecular flexibility index (Phi) is 6.11. The number of carbonyl (C=O) groups excluding carboxylic acids is 1. The number of hydrogen-bond acceptors (Lipinski definition) is 5. The highest BCUT2D eigenvalue weighted by molar-refractivity contribution is 5.94. The fraction of sp³-hybridized carbons (Fsp3) is 0.476. The van der Waals surface area contributed by atoms with E-state index in [9.17, 15) is 9.18 Å². The van der Waals surface area contributed by atoms with E-state index in [-0.39, 0.29) is 23.8 Å². The summed E-state index contributed by atoms with van der Waals surface area (Å²) in [5.74, 6) is 1.10. The van der Waals surface area contributed by atoms with Crippen molar-refractivity contribution in [1.82, 2.24) is 15.3 Å². The van der Waals surface area contributed by atoms with E-state index in [0.29, 0.717) is 11.5 Å². The summed E-state index contributed by atoms with van der Waals surface area (Å²) in [6, 6.07) is 6.06. The molecule has 1 heterocycles. The van der Waals surface area contributed by atoms with Crippen LogP contribution in [0.2, 0.25) is 0 Å². The molecular weight excluding hydrogens is 357 g/mol. The van der Waals surface area contributed by atoms with Gasteiger partial charge in [-0.1, -0.05) is 0 Å². The Morgan fingerprint density at radius 2 is 1.64 bits per heavy atom. The second-order valence-electron chi connectivity index (χ2n) is 7.65. The molecule has 0 unspecified atom stereocenters. The van der Waals surface area contributed by atoms with Crippen LogP contribution in [0, 0.1) is 19.7 Å². The van der Waals surface area contributed by atoms with Crippen LogP contribution in [0.4, 0.5) is 16.2 Å². The number of anilines is 2. The zero-order valence-corrected chi connectivity index (χ0v) is 16.9. The quantitative estimate of drug-likeness (QED) is 0.825. The molecule has 28 heavy (non-hydrogen) atoms. The van der Waals surface area contributed by atoms with Crippen LogP contribution in [-0.2, 0) is 0 Å². The van der Waals surface area contributed by atoms with Crippen molar-refractivity contribution in [2.75, 3.05) is 24.3 Å². The average molecular weight is 385 g/mol. The normalized spacial score (nSPS) is 19.2. The summed E-state index contributed by atoms with van der Waals surface area (Å²) in [7, 11) is 3.96. The zero-order valence-electron chi connectivity index (χ0n) is 16.9. The van der Waals surface area contributed by atoms with Crippen LogP contribution in [-0.4, -0.2) is 42.1 Å². The van der Waals surface area contributed by atoms with Gasteiger partial charge < -0.3 is 15.5 Å². The first-order valence-corrected chi connectivity index (χ1v) is 9.69. The summed E-state index contributed by atoms with van der Waals surface area (Å²) >= 11 is 0. The smallest absolute Gasteiger partial charge is 0.251 e. The molecule has 0 spiro atoms. The molecule has 6 nitrogen and oxygen atoms in total. The molecule has 2 aromatic rings. The molecule has 1 saturated carbocycles. The zero-order chi connectivity index (χ0) is 20.3. The molecule has 1 amide bonds. The largest absolute Gasteiger partial charge is 0.362 e. The van der Waals surface area contributed by atoms with Crippen LogP contribution in [0.5, 0.6) is 0 Å². The summed E-state index contributed by atoms with van der Waals surface area (Å²) in [6.07, 6.45) is 3.63. The van der Waals surface area contributed by atoms with Crippen LogP contribution in [0.15, 0.2) is 24.3 Å². The number of halogens is 1. The third-order valence-electron chi connectivity index (χ3n) is 5.29. The van der Waals surface area contributed by atoms with Gasteiger partial charge >= 0.3 is 0 Å². The number of nitrogens with one attached hydrogen (secondary N) is 2. The summed E-state index contributed by atoms with van der Waals surface area (Å²) in [5.41, 5.74) is 2.55. The van der Waals surface area contributed by atoms with Crippen LogP contribution < -0.4 is 15.5 Å². The van der Waals surface area contributed by atoms with Crippen molar-refractivity contribution >= 4 is 17.7 Å². The fourth-order valence-electron chi connectivity index (χ4n) is 3.55. The number of aryl methyl sites for hydroxylation is 1. The Morgan fingerprint density at radius 1 is 1.04 bits per heavy atom. The molecule has 150 valence electrons. The van der Waals surface area contributed by atoms with Crippen LogP contribution in [0.1, 0.15) is 47.3 Å². The molecule has 0 aliphatic heterocycles. The van der Waals surface area contributed by atoms with E-state index < -0.39 is 0 Å². The van der Waals surface area contributed by atoms with Gasteiger partial charge in [-0.15, -0.1) is 0 Å². The minimum absolute atomic E-state index is 0.133. The molecule has 1 aliphatic carbocycles. The number of hydrogen-bond donors (Lipinski definition) is 2. The van der Waals surface area contributed by atoms with E-state index >= 15 is 0 Å². The number of rotatable bonds is 5. The SMILES string of the molecule is Cc1nc(NC2CCC(NC(=O)c3ccc(F)cc3)CC2)nc(N(C)C)c1C. The minimum atomic E-state index is -0.339. The van der Waals surface area contributed by atoms with Crippen molar-refractivity contribution in [1.29, 1.82) is 0 Å². The number of amides is 1. The summed E-state index contributed by atoms with van der Waals surface area (Å²) < 4.78 is 13.0. The minimum Gasteiger partial charge on any atom is -0.362 e. The van der Waals surface area contributed by atoms with E-state index in [1.807, 2.05) is 32.8 Å². The first-order chi connectivity index (χ1) is 13.3. The lowest BCUT2D eigenvalue weighted by molar-refractivity contribution is 0.0926. The predicted octanol–water partition coefficient (Wildman–Crippen LogP) is 3.45. The second-order valence-corrected chi connectivity index (χ2v) is 7.65. The van der Waals surface area contributed by atoms with Crippen molar-refractivity contribution in [2.24, 2.45) is 0 Å². The highest BCUT2D eigenvalue weighted by Gasteiger charge is 2.24. The van der Waals surface area contributed by atoms with Gasteiger partial charge in [-0.3, -0.25) is 4.79 Å². The van der Waals surface area contributed by atoms with Crippen molar-refractivity contribution in [2.45, 2.75) is 51.6 Å². The first-order valence-electron chi connectivity index (χ1n) is 9.69. The monoisotopic (exact) mass is 385 g/mol. The summed E-state index contributed by atoms with van der Waals surface area (Å²) in [4.78, 5) is 23.5. The lowest BCUT2D eigenvalue weighted by atomic mass is 9.91. The maximum absolute atomic E-state index is 13.0. The van der Waals surface area contributed by atoms with Crippen LogP contribution >= 0.6 is 0 Å². The van der Waals surface area contributed by atoms with E-state index in [4.69, 9.17) is 0 Å². The lowest BCUT2D eigenvalue weighted by Crippen LogP contribution is -2.40. The Morgan fingerprint density at radius 3 is 2.25 bits per heavy atom. The summed E-state index contributed by atoms with van der Waals surface area (Å²) in [5, 5.41) is 6.51. The predicted molar refractivity (Wildman–Crippen MR) is 109 cm³/mol. The first kappa shape index (κ1) is 20.0. The fourth-order valence-corrected chi connectivity index (χ4v) is 3.55. The molecule has 1 fully saturated rings. The molecule has 1 aromatic heterocycles. The number of aromatic nitrogens is 2. The van der Waals surface area contributed by atoms with Gasteiger partial charge in [-0.05, 0) is 63.8 Å². The van der Waals surface area contributed by atoms with E-state index in [0.717, 1.165) is 42.8 Å². The standard InChI is InChI=1S/C21H28FN5O/c1-13-14(2)23-21(26-19(13)27(3)4)25-18-11-9-17(10-12-18)24-20(28)15-5-7-16(22)8-6-15/h5-8,17-18H,9-12H2,1-4H3,(H,24,28)(H,23,25,26). The molecule has 3 rings (SSSR count). The van der Waals surface area contributed by atoms with E-state index in [2.05, 4.69) is 20.6 Å². The number of benzene rings is 1. The lowest BCUT2D eigenvalue weighted by Gasteiger charge is -2.30. The van der Waals surface area contributed by atoms with Gasteiger partial charge in [0.05, 0.1) is 0 Å². The molecule has 2 N–H and O–H groups in total. The Balaban J connectivity index is 1.54. The number of carbonyl (C=O) groups is 1. The van der Waals surface area contributed by atoms with Gasteiger partial charge in [0.1, 0.15) is 11.6 Å². The van der Waals surface area contributed by atoms with Gasteiger partial charge in [-0.2, -0.15) is 4.98 Å². The van der Waals surface area contributed by atoms with Crippen LogP contribution in [0.25, 0.3) is 0 Å². The van der Waals surface area contributed by atoms with Crippen molar-refractivity contribution in [3.05, 3.63) is 46.9 Å². The third kappa shape index (κ3) is 4.77. The van der Waals surface area contributed by atoms with E-state index in [1.54, 1.807) is 0 Å². The molecule has 1 aliphatic rings. The molecule has 0 saturated heterocycles. The topological polar surface area (TPSA) is 70.1 Å². The summed E-state index contributed by atoms with van der Waals surface area (Å²) in [6.45, 7) is 4.03. The highest BCUT2D eigenvalue weighted by atomic mass is 19.1. The number of nitrogens with zero attached hydrogens (tertiary/aromatic N) is 3. The molecule has 0 bridgehead atoms. The average Bonchev–Trinajstić information content (AvgIpc) is 2.66. The van der Waals surface area contributed by atoms with Crippen molar-refractivity contribution in [3.63, 3.8) is 0 Å². The Hall–Kier alpha value is -2.70. The Labute approximate surface area is 165 Å². The van der Waals surface area contributed by atoms with Gasteiger partial charge in [0.2, 0.25) is 5.95 Å². The maximum Gasteiger partial charge on any atom is 0.251 e. The third-order valence-corrected chi connectivity index (χ3v) is 5.29. The van der Waals surface area contributed by atoms with Crippen LogP contribution in [0.3, 0.4) is 0 Å². The molecule has 1 aromatic carbocycles. The molecule has 0 radical (unpaired) electrons. The van der Waals surface area contributed by atoms with Crippen molar-refractivity contribution in [3.8, 4) is 0 Å². The van der Waals surface area contributed by atoms with Gasteiger partial charge in [-0.25, -0.2) is 9.37 Å². The van der Waals surface area contributed by atoms with Crippen molar-refractivity contribution < 1.29 is 9.18 Å².